The zero-order chi connectivity index (χ0) is 26.8. The summed E-state index contributed by atoms with van der Waals surface area (Å²) in [5, 5.41) is 16.1. The van der Waals surface area contributed by atoms with Crippen molar-refractivity contribution in [3.8, 4) is 5.75 Å². The van der Waals surface area contributed by atoms with Crippen molar-refractivity contribution in [3.63, 3.8) is 0 Å². The number of ether oxygens (including phenoxy) is 1. The van der Waals surface area contributed by atoms with E-state index in [2.05, 4.69) is 46.1 Å². The standard InChI is InChI=1S/C25H17Cl2N9O3/c26-15-6-5-14(17(27)9-15)12-38-20-4-2-1-3-13(20)11-28-34-22-21(32-23-24(33-22)36-39-35-23)29-16-7-8-18-19(10-16)31-25(37)30-18/h1-11H,12H2,(H,29,32,35)(H2,30,31,37)(H,33,34,36)/b28-11-. The minimum absolute atomic E-state index is 0.201. The summed E-state index contributed by atoms with van der Waals surface area (Å²) in [5.74, 6) is 1.18. The maximum atomic E-state index is 11.6. The van der Waals surface area contributed by atoms with Crippen molar-refractivity contribution >= 4 is 69.1 Å². The van der Waals surface area contributed by atoms with E-state index < -0.39 is 0 Å². The number of hydrogen-bond donors (Lipinski definition) is 4. The Labute approximate surface area is 229 Å². The zero-order valence-electron chi connectivity index (χ0n) is 19.8. The fourth-order valence-electron chi connectivity index (χ4n) is 3.73. The maximum absolute atomic E-state index is 11.6. The molecular formula is C25H17Cl2N9O3. The normalized spacial score (nSPS) is 11.4. The van der Waals surface area contributed by atoms with E-state index in [1.165, 1.54) is 0 Å². The lowest BCUT2D eigenvalue weighted by molar-refractivity contribution is 0.306. The number of anilines is 3. The summed E-state index contributed by atoms with van der Waals surface area (Å²) in [4.78, 5) is 25.9. The van der Waals surface area contributed by atoms with Gasteiger partial charge in [0.2, 0.25) is 11.3 Å². The number of benzene rings is 3. The SMILES string of the molecule is O=c1[nH]c2ccc(Nc3nc4nonc4nc3N/N=C\c3ccccc3OCc3ccc(Cl)cc3Cl)cc2[nH]1. The van der Waals surface area contributed by atoms with Gasteiger partial charge in [0.1, 0.15) is 12.4 Å². The molecule has 0 spiro atoms. The summed E-state index contributed by atoms with van der Waals surface area (Å²) in [6.45, 7) is 0.250. The van der Waals surface area contributed by atoms with Crippen molar-refractivity contribution in [1.29, 1.82) is 0 Å². The Bertz CT molecular complexity index is 1900. The molecule has 0 aliphatic rings. The van der Waals surface area contributed by atoms with Crippen LogP contribution in [0, 0.1) is 0 Å². The van der Waals surface area contributed by atoms with Gasteiger partial charge in [0, 0.05) is 26.9 Å². The third-order valence-corrected chi connectivity index (χ3v) is 6.17. The van der Waals surface area contributed by atoms with Gasteiger partial charge in [-0.1, -0.05) is 41.4 Å². The molecule has 0 aliphatic heterocycles. The second kappa shape index (κ2) is 10.4. The number of rotatable bonds is 8. The van der Waals surface area contributed by atoms with Crippen LogP contribution in [0.2, 0.25) is 10.0 Å². The predicted molar refractivity (Wildman–Crippen MR) is 148 cm³/mol. The van der Waals surface area contributed by atoms with Gasteiger partial charge >= 0.3 is 5.69 Å². The van der Waals surface area contributed by atoms with Crippen LogP contribution in [-0.2, 0) is 6.61 Å². The highest BCUT2D eigenvalue weighted by Gasteiger charge is 2.13. The van der Waals surface area contributed by atoms with Gasteiger partial charge in [-0.25, -0.2) is 14.4 Å². The number of imidazole rings is 1. The molecule has 0 bridgehead atoms. The van der Waals surface area contributed by atoms with E-state index in [0.717, 1.165) is 5.56 Å². The van der Waals surface area contributed by atoms with Crippen molar-refractivity contribution in [2.75, 3.05) is 10.7 Å². The molecule has 0 fully saturated rings. The van der Waals surface area contributed by atoms with E-state index in [4.69, 9.17) is 32.6 Å². The molecule has 3 aromatic carbocycles. The number of aromatic amines is 2. The average Bonchev–Trinajstić information content (AvgIpc) is 3.53. The highest BCUT2D eigenvalue weighted by atomic mass is 35.5. The number of halogens is 2. The Balaban J connectivity index is 1.23. The number of para-hydroxylation sites is 1. The summed E-state index contributed by atoms with van der Waals surface area (Å²) in [7, 11) is 0. The van der Waals surface area contributed by atoms with E-state index in [1.807, 2.05) is 30.3 Å². The molecule has 0 aliphatic carbocycles. The number of aromatic nitrogens is 6. The van der Waals surface area contributed by atoms with Crippen LogP contribution < -0.4 is 21.2 Å². The molecule has 0 radical (unpaired) electrons. The van der Waals surface area contributed by atoms with Crippen molar-refractivity contribution in [1.82, 2.24) is 30.2 Å². The molecule has 0 atom stereocenters. The number of H-pyrrole nitrogens is 2. The smallest absolute Gasteiger partial charge is 0.323 e. The molecule has 6 aromatic rings. The lowest BCUT2D eigenvalue weighted by atomic mass is 10.2. The quantitative estimate of drug-likeness (QED) is 0.143. The summed E-state index contributed by atoms with van der Waals surface area (Å²) < 4.78 is 10.7. The van der Waals surface area contributed by atoms with Crippen LogP contribution in [0.4, 0.5) is 17.3 Å². The Kier molecular flexibility index (Phi) is 6.53. The van der Waals surface area contributed by atoms with Gasteiger partial charge in [-0.05, 0) is 52.8 Å². The average molecular weight is 562 g/mol. The van der Waals surface area contributed by atoms with Crippen LogP contribution >= 0.6 is 23.2 Å². The van der Waals surface area contributed by atoms with Gasteiger partial charge in [-0.15, -0.1) is 0 Å². The molecule has 0 saturated heterocycles. The summed E-state index contributed by atoms with van der Waals surface area (Å²) in [5.41, 5.74) is 6.47. The van der Waals surface area contributed by atoms with Gasteiger partial charge < -0.3 is 20.0 Å². The van der Waals surface area contributed by atoms with Gasteiger partial charge in [0.15, 0.2) is 11.6 Å². The van der Waals surface area contributed by atoms with Gasteiger partial charge in [0.25, 0.3) is 0 Å². The van der Waals surface area contributed by atoms with Crippen LogP contribution in [0.15, 0.2) is 75.2 Å². The van der Waals surface area contributed by atoms with E-state index in [1.54, 1.807) is 36.5 Å². The number of nitrogens with zero attached hydrogens (tertiary/aromatic N) is 5. The maximum Gasteiger partial charge on any atom is 0.323 e. The van der Waals surface area contributed by atoms with Gasteiger partial charge in [-0.3, -0.25) is 5.43 Å². The first-order valence-electron chi connectivity index (χ1n) is 11.5. The first-order valence-corrected chi connectivity index (χ1v) is 12.2. The molecular weight excluding hydrogens is 545 g/mol. The number of hydrazone groups is 1. The Hall–Kier alpha value is -4.94. The molecule has 194 valence electrons. The summed E-state index contributed by atoms with van der Waals surface area (Å²) in [6.07, 6.45) is 1.59. The molecule has 6 rings (SSSR count). The summed E-state index contributed by atoms with van der Waals surface area (Å²) in [6, 6.07) is 18.0. The minimum Gasteiger partial charge on any atom is -0.488 e. The minimum atomic E-state index is -0.297. The Morgan fingerprint density at radius 3 is 2.59 bits per heavy atom. The third kappa shape index (κ3) is 5.37. The Morgan fingerprint density at radius 1 is 0.949 bits per heavy atom. The molecule has 39 heavy (non-hydrogen) atoms. The third-order valence-electron chi connectivity index (χ3n) is 5.58. The molecule has 12 nitrogen and oxygen atoms in total. The topological polar surface area (TPSA) is 159 Å². The zero-order valence-corrected chi connectivity index (χ0v) is 21.3. The first kappa shape index (κ1) is 24.4. The molecule has 3 aromatic heterocycles. The first-order chi connectivity index (χ1) is 19.0. The largest absolute Gasteiger partial charge is 0.488 e. The van der Waals surface area contributed by atoms with Crippen molar-refractivity contribution in [2.45, 2.75) is 6.61 Å². The predicted octanol–water partition coefficient (Wildman–Crippen LogP) is 5.26. The van der Waals surface area contributed by atoms with E-state index in [0.29, 0.717) is 43.9 Å². The number of hydrogen-bond acceptors (Lipinski definition) is 10. The Morgan fingerprint density at radius 2 is 1.74 bits per heavy atom. The van der Waals surface area contributed by atoms with Crippen LogP contribution in [0.3, 0.4) is 0 Å². The van der Waals surface area contributed by atoms with Crippen molar-refractivity contribution < 1.29 is 9.37 Å². The van der Waals surface area contributed by atoms with E-state index in [-0.39, 0.29) is 29.4 Å². The second-order valence-corrected chi connectivity index (χ2v) is 9.07. The lowest BCUT2D eigenvalue weighted by Crippen LogP contribution is -2.04. The summed E-state index contributed by atoms with van der Waals surface area (Å²) >= 11 is 12.3. The van der Waals surface area contributed by atoms with Gasteiger partial charge in [0.05, 0.1) is 17.2 Å². The second-order valence-electron chi connectivity index (χ2n) is 8.23. The monoisotopic (exact) mass is 561 g/mol. The molecule has 0 unspecified atom stereocenters. The highest BCUT2D eigenvalue weighted by molar-refractivity contribution is 6.35. The molecule has 14 heteroatoms. The van der Waals surface area contributed by atoms with Crippen LogP contribution in [0.5, 0.6) is 5.75 Å². The number of nitrogens with one attached hydrogen (secondary N) is 4. The van der Waals surface area contributed by atoms with Crippen LogP contribution in [-0.4, -0.2) is 36.5 Å². The van der Waals surface area contributed by atoms with E-state index in [9.17, 15) is 4.79 Å². The fraction of sp³-hybridized carbons (Fsp3) is 0.0400. The molecule has 4 N–H and O–H groups in total. The van der Waals surface area contributed by atoms with Gasteiger partial charge in [-0.2, -0.15) is 10.1 Å². The lowest BCUT2D eigenvalue weighted by Gasteiger charge is -2.11. The molecule has 3 heterocycles. The molecule has 0 saturated carbocycles. The van der Waals surface area contributed by atoms with Crippen molar-refractivity contribution in [3.05, 3.63) is 92.3 Å². The molecule has 0 amide bonds. The van der Waals surface area contributed by atoms with Crippen LogP contribution in [0.1, 0.15) is 11.1 Å². The van der Waals surface area contributed by atoms with Crippen molar-refractivity contribution in [2.24, 2.45) is 5.10 Å². The fourth-order valence-corrected chi connectivity index (χ4v) is 4.19. The highest BCUT2D eigenvalue weighted by Crippen LogP contribution is 2.26. The van der Waals surface area contributed by atoms with Crippen LogP contribution in [0.25, 0.3) is 22.3 Å². The van der Waals surface area contributed by atoms with E-state index >= 15 is 0 Å². The number of fused-ring (bicyclic) bond motifs is 2.